The summed E-state index contributed by atoms with van der Waals surface area (Å²) in [5.41, 5.74) is 13.9. The number of amidine groups is 1. The first-order valence-corrected chi connectivity index (χ1v) is 20.4. The number of nitrogens with two attached hydrogens (primary N) is 1. The molecule has 270 valence electrons. The predicted molar refractivity (Wildman–Crippen MR) is 238 cm³/mol. The Hall–Kier alpha value is -7.00. The molecule has 0 aliphatic carbocycles. The molecule has 4 aromatic heterocycles. The molecule has 0 amide bonds. The molecule has 0 saturated heterocycles. The Bertz CT molecular complexity index is 3350. The highest BCUT2D eigenvalue weighted by Crippen LogP contribution is 2.44. The second kappa shape index (κ2) is 13.6. The summed E-state index contributed by atoms with van der Waals surface area (Å²) >= 11 is 3.52. The van der Waals surface area contributed by atoms with Crippen molar-refractivity contribution in [1.82, 2.24) is 15.0 Å². The second-order valence-corrected chi connectivity index (χ2v) is 16.1. The first-order chi connectivity index (χ1) is 28.2. The predicted octanol–water partition coefficient (Wildman–Crippen LogP) is 13.0. The Morgan fingerprint density at radius 3 is 1.93 bits per heavy atom. The summed E-state index contributed by atoms with van der Waals surface area (Å²) in [6, 6.07) is 55.8. The molecular weight excluding hydrogens is 739 g/mol. The monoisotopic (exact) mass is 769 g/mol. The van der Waals surface area contributed by atoms with Crippen LogP contribution in [0.15, 0.2) is 173 Å². The Kier molecular flexibility index (Phi) is 7.98. The van der Waals surface area contributed by atoms with Crippen LogP contribution in [-0.4, -0.2) is 20.8 Å². The van der Waals surface area contributed by atoms with E-state index in [0.29, 0.717) is 29.7 Å². The zero-order valence-electron chi connectivity index (χ0n) is 30.4. The van der Waals surface area contributed by atoms with Crippen LogP contribution in [0.3, 0.4) is 0 Å². The molecule has 0 aliphatic heterocycles. The number of thiophene rings is 2. The van der Waals surface area contributed by atoms with Crippen LogP contribution in [0.25, 0.3) is 86.4 Å². The summed E-state index contributed by atoms with van der Waals surface area (Å²) < 4.78 is 10.2. The SMILES string of the molecule is NC(=Nc1c(Cc2cccc3oc4cccc(-c5nc(-c6ccccc6)nc(-c6cccc7c6sc6ccccc67)n5)c4c23)sc2ccccc12)c1ccccc1. The van der Waals surface area contributed by atoms with Gasteiger partial charge in [0.2, 0.25) is 0 Å². The molecule has 0 bridgehead atoms. The van der Waals surface area contributed by atoms with Crippen LogP contribution in [0.4, 0.5) is 5.69 Å². The van der Waals surface area contributed by atoms with Gasteiger partial charge in [-0.2, -0.15) is 0 Å². The van der Waals surface area contributed by atoms with Gasteiger partial charge in [-0.05, 0) is 35.9 Å². The van der Waals surface area contributed by atoms with E-state index in [1.807, 2.05) is 78.9 Å². The second-order valence-electron chi connectivity index (χ2n) is 13.9. The van der Waals surface area contributed by atoms with Crippen molar-refractivity contribution in [2.45, 2.75) is 6.42 Å². The van der Waals surface area contributed by atoms with Crippen molar-refractivity contribution in [3.05, 3.63) is 180 Å². The number of aliphatic imine (C=N–C) groups is 1. The van der Waals surface area contributed by atoms with E-state index in [0.717, 1.165) is 75.1 Å². The molecule has 4 heterocycles. The van der Waals surface area contributed by atoms with Crippen LogP contribution in [0, 0.1) is 0 Å². The summed E-state index contributed by atoms with van der Waals surface area (Å²) in [6.45, 7) is 0. The molecule has 0 unspecified atom stereocenters. The van der Waals surface area contributed by atoms with Gasteiger partial charge in [0.05, 0.1) is 5.69 Å². The smallest absolute Gasteiger partial charge is 0.165 e. The lowest BCUT2D eigenvalue weighted by Gasteiger charge is -2.10. The van der Waals surface area contributed by atoms with Crippen molar-refractivity contribution in [2.75, 3.05) is 0 Å². The molecule has 7 aromatic carbocycles. The number of hydrogen-bond acceptors (Lipinski definition) is 7. The minimum absolute atomic E-state index is 0.487. The lowest BCUT2D eigenvalue weighted by Crippen LogP contribution is -2.12. The highest BCUT2D eigenvalue weighted by molar-refractivity contribution is 7.26. The molecule has 57 heavy (non-hydrogen) atoms. The van der Waals surface area contributed by atoms with E-state index in [-0.39, 0.29) is 0 Å². The summed E-state index contributed by atoms with van der Waals surface area (Å²) in [7, 11) is 0. The van der Waals surface area contributed by atoms with Gasteiger partial charge in [-0.1, -0.05) is 133 Å². The van der Waals surface area contributed by atoms with Crippen molar-refractivity contribution >= 4 is 86.4 Å². The molecule has 0 spiro atoms. The topological polar surface area (TPSA) is 90.2 Å². The maximum absolute atomic E-state index is 6.65. The van der Waals surface area contributed by atoms with Gasteiger partial charge in [0.1, 0.15) is 17.0 Å². The highest BCUT2D eigenvalue weighted by Gasteiger charge is 2.22. The number of furan rings is 1. The highest BCUT2D eigenvalue weighted by atomic mass is 32.1. The standard InChI is InChI=1S/C49H31N5OS2/c50-46(29-14-3-1-4-15-29)51-44-34-20-8-10-27-40(34)56-41(44)28-31-18-11-24-37-42(31)43-35(22-13-25-38(43)55-37)48-52-47(30-16-5-2-6-17-30)53-49(54-48)36-23-12-21-33-32-19-7-9-26-39(32)57-45(33)36/h1-27H,28H2,(H2,50,51). The maximum Gasteiger partial charge on any atom is 0.165 e. The minimum Gasteiger partial charge on any atom is -0.456 e. The van der Waals surface area contributed by atoms with Crippen molar-refractivity contribution in [3.8, 4) is 34.2 Å². The van der Waals surface area contributed by atoms with Gasteiger partial charge in [0.25, 0.3) is 0 Å². The zero-order valence-corrected chi connectivity index (χ0v) is 32.0. The lowest BCUT2D eigenvalue weighted by atomic mass is 9.99. The van der Waals surface area contributed by atoms with Crippen molar-refractivity contribution in [2.24, 2.45) is 10.7 Å². The average Bonchev–Trinajstić information content (AvgIpc) is 3.95. The molecule has 11 aromatic rings. The average molecular weight is 770 g/mol. The maximum atomic E-state index is 6.65. The Morgan fingerprint density at radius 2 is 1.12 bits per heavy atom. The normalized spacial score (nSPS) is 12.1. The van der Waals surface area contributed by atoms with Crippen LogP contribution in [0.1, 0.15) is 16.0 Å². The van der Waals surface area contributed by atoms with E-state index in [1.54, 1.807) is 22.7 Å². The summed E-state index contributed by atoms with van der Waals surface area (Å²) in [5, 5.41) is 5.51. The molecule has 6 nitrogen and oxygen atoms in total. The van der Waals surface area contributed by atoms with Gasteiger partial charge >= 0.3 is 0 Å². The summed E-state index contributed by atoms with van der Waals surface area (Å²) in [4.78, 5) is 21.8. The van der Waals surface area contributed by atoms with Crippen LogP contribution >= 0.6 is 22.7 Å². The van der Waals surface area contributed by atoms with E-state index >= 15 is 0 Å². The molecular formula is C49H31N5OS2. The van der Waals surface area contributed by atoms with Crippen LogP contribution < -0.4 is 5.73 Å². The fourth-order valence-electron chi connectivity index (χ4n) is 7.82. The van der Waals surface area contributed by atoms with E-state index in [2.05, 4.69) is 84.9 Å². The van der Waals surface area contributed by atoms with E-state index in [1.165, 1.54) is 15.5 Å². The molecule has 0 aliphatic rings. The molecule has 0 atom stereocenters. The Labute approximate surface area is 335 Å². The number of hydrogen-bond donors (Lipinski definition) is 1. The van der Waals surface area contributed by atoms with E-state index < -0.39 is 0 Å². The van der Waals surface area contributed by atoms with Crippen LogP contribution in [0.2, 0.25) is 0 Å². The minimum atomic E-state index is 0.487. The van der Waals surface area contributed by atoms with E-state index in [9.17, 15) is 0 Å². The quantitative estimate of drug-likeness (QED) is 0.129. The molecule has 8 heteroatoms. The van der Waals surface area contributed by atoms with Gasteiger partial charge in [0, 0.05) is 74.6 Å². The molecule has 11 rings (SSSR count). The third-order valence-electron chi connectivity index (χ3n) is 10.5. The zero-order chi connectivity index (χ0) is 37.9. The molecule has 2 N–H and O–H groups in total. The fourth-order valence-corrected chi connectivity index (χ4v) is 10.2. The van der Waals surface area contributed by atoms with Gasteiger partial charge in [0.15, 0.2) is 17.5 Å². The summed E-state index contributed by atoms with van der Waals surface area (Å²) in [5.74, 6) is 2.32. The van der Waals surface area contributed by atoms with Crippen molar-refractivity contribution in [3.63, 3.8) is 0 Å². The van der Waals surface area contributed by atoms with E-state index in [4.69, 9.17) is 30.1 Å². The van der Waals surface area contributed by atoms with Crippen LogP contribution in [0.5, 0.6) is 0 Å². The van der Waals surface area contributed by atoms with Gasteiger partial charge in [-0.15, -0.1) is 22.7 Å². The Morgan fingerprint density at radius 1 is 0.526 bits per heavy atom. The largest absolute Gasteiger partial charge is 0.456 e. The van der Waals surface area contributed by atoms with Gasteiger partial charge < -0.3 is 10.2 Å². The number of nitrogens with zero attached hydrogens (tertiary/aromatic N) is 4. The van der Waals surface area contributed by atoms with Gasteiger partial charge in [-0.25, -0.2) is 19.9 Å². The number of benzene rings is 7. The van der Waals surface area contributed by atoms with Crippen molar-refractivity contribution < 1.29 is 4.42 Å². The van der Waals surface area contributed by atoms with Crippen LogP contribution in [-0.2, 0) is 6.42 Å². The van der Waals surface area contributed by atoms with Crippen molar-refractivity contribution in [1.29, 1.82) is 0 Å². The third-order valence-corrected chi connectivity index (χ3v) is 12.8. The fraction of sp³-hybridized carbons (Fsp3) is 0.0204. The molecule has 0 saturated carbocycles. The third kappa shape index (κ3) is 5.77. The molecule has 0 radical (unpaired) electrons. The first-order valence-electron chi connectivity index (χ1n) is 18.7. The number of aromatic nitrogens is 3. The summed E-state index contributed by atoms with van der Waals surface area (Å²) in [6.07, 6.45) is 0.631. The Balaban J connectivity index is 1.11. The first kappa shape index (κ1) is 33.3. The lowest BCUT2D eigenvalue weighted by molar-refractivity contribution is 0.669. The number of rotatable bonds is 7. The number of fused-ring (bicyclic) bond motifs is 7. The van der Waals surface area contributed by atoms with Gasteiger partial charge in [-0.3, -0.25) is 0 Å². The molecule has 0 fully saturated rings.